The molecule has 0 amide bonds. The molecule has 0 fully saturated rings. The van der Waals surface area contributed by atoms with Crippen LogP contribution in [-0.4, -0.2) is 0 Å². The van der Waals surface area contributed by atoms with Gasteiger partial charge in [0.25, 0.3) is 0 Å². The Balaban J connectivity index is 1.90. The van der Waals surface area contributed by atoms with E-state index in [4.69, 9.17) is 5.73 Å². The van der Waals surface area contributed by atoms with Gasteiger partial charge in [0.1, 0.15) is 5.69 Å². The van der Waals surface area contributed by atoms with Crippen molar-refractivity contribution in [2.24, 2.45) is 0 Å². The van der Waals surface area contributed by atoms with Gasteiger partial charge in [-0.1, -0.05) is 78.9 Å². The predicted molar refractivity (Wildman–Crippen MR) is 129 cm³/mol. The molecule has 0 atom stereocenters. The average Bonchev–Trinajstić information content (AvgIpc) is 2.85. The van der Waals surface area contributed by atoms with E-state index in [9.17, 15) is 0 Å². The third-order valence-electron chi connectivity index (χ3n) is 5.49. The summed E-state index contributed by atoms with van der Waals surface area (Å²) in [6, 6.07) is 44.0. The van der Waals surface area contributed by atoms with Crippen LogP contribution in [0.4, 0.5) is 5.69 Å². The summed E-state index contributed by atoms with van der Waals surface area (Å²) in [7, 11) is 0. The first-order valence-electron chi connectivity index (χ1n) is 10.4. The lowest BCUT2D eigenvalue weighted by molar-refractivity contribution is -0.571. The maximum absolute atomic E-state index is 6.47. The Morgan fingerprint density at radius 2 is 0.839 bits per heavy atom. The van der Waals surface area contributed by atoms with Gasteiger partial charge in [0.05, 0.1) is 0 Å². The minimum atomic E-state index is 0.745. The molecule has 1 aromatic heterocycles. The van der Waals surface area contributed by atoms with Crippen LogP contribution in [-0.2, 0) is 0 Å². The molecule has 2 nitrogen and oxygen atoms in total. The van der Waals surface area contributed by atoms with Crippen LogP contribution in [0.25, 0.3) is 39.3 Å². The highest BCUT2D eigenvalue weighted by atomic mass is 15.0. The Kier molecular flexibility index (Phi) is 5.04. The van der Waals surface area contributed by atoms with Gasteiger partial charge in [-0.3, -0.25) is 0 Å². The molecule has 148 valence electrons. The topological polar surface area (TPSA) is 29.9 Å². The second-order valence-electron chi connectivity index (χ2n) is 7.51. The molecule has 0 spiro atoms. The van der Waals surface area contributed by atoms with Crippen molar-refractivity contribution in [3.8, 4) is 39.3 Å². The Morgan fingerprint density at radius 1 is 0.419 bits per heavy atom. The van der Waals surface area contributed by atoms with Crippen LogP contribution in [0.3, 0.4) is 0 Å². The van der Waals surface area contributed by atoms with Gasteiger partial charge in [-0.15, -0.1) is 0 Å². The number of rotatable bonds is 4. The Labute approximate surface area is 182 Å². The molecule has 31 heavy (non-hydrogen) atoms. The molecule has 0 unspecified atom stereocenters. The van der Waals surface area contributed by atoms with Crippen LogP contribution >= 0.6 is 0 Å². The molecule has 2 N–H and O–H groups in total. The van der Waals surface area contributed by atoms with Crippen molar-refractivity contribution in [3.63, 3.8) is 0 Å². The minimum Gasteiger partial charge on any atom is -0.393 e. The summed E-state index contributed by atoms with van der Waals surface area (Å²) >= 11 is 0. The standard InChI is InChI=1S/C29H23N2/c30-26-18-10-11-19-27(26)31-28(23-14-6-2-7-15-23)20-25(22-12-4-1-5-13-22)21-29(31)24-16-8-3-9-17-24/h1-21H,30H2/q+1. The summed E-state index contributed by atoms with van der Waals surface area (Å²) < 4.78 is 2.27. The lowest BCUT2D eigenvalue weighted by Crippen LogP contribution is -2.37. The normalized spacial score (nSPS) is 10.7. The zero-order valence-corrected chi connectivity index (χ0v) is 17.1. The second-order valence-corrected chi connectivity index (χ2v) is 7.51. The van der Waals surface area contributed by atoms with Crippen molar-refractivity contribution < 1.29 is 4.57 Å². The zero-order valence-electron chi connectivity index (χ0n) is 17.1. The summed E-state index contributed by atoms with van der Waals surface area (Å²) in [4.78, 5) is 0. The molecule has 2 heteroatoms. The van der Waals surface area contributed by atoms with Crippen molar-refractivity contribution >= 4 is 5.69 Å². The number of nitrogen functional groups attached to an aromatic ring is 1. The predicted octanol–water partition coefficient (Wildman–Crippen LogP) is 6.55. The second kappa shape index (κ2) is 8.29. The highest BCUT2D eigenvalue weighted by Crippen LogP contribution is 2.31. The van der Waals surface area contributed by atoms with Crippen LogP contribution in [0.2, 0.25) is 0 Å². The number of benzene rings is 4. The Morgan fingerprint density at radius 3 is 1.32 bits per heavy atom. The number of para-hydroxylation sites is 2. The van der Waals surface area contributed by atoms with E-state index in [-0.39, 0.29) is 0 Å². The Bertz CT molecular complexity index is 1250. The molecule has 5 rings (SSSR count). The molecule has 0 aliphatic rings. The molecule has 0 aliphatic heterocycles. The van der Waals surface area contributed by atoms with Gasteiger partial charge in [0.15, 0.2) is 0 Å². The highest BCUT2D eigenvalue weighted by molar-refractivity contribution is 5.74. The van der Waals surface area contributed by atoms with Gasteiger partial charge >= 0.3 is 0 Å². The molecule has 1 heterocycles. The molecule has 0 bridgehead atoms. The number of nitrogens with zero attached hydrogens (tertiary/aromatic N) is 1. The largest absolute Gasteiger partial charge is 0.393 e. The van der Waals surface area contributed by atoms with Gasteiger partial charge in [0, 0.05) is 29.3 Å². The fraction of sp³-hybridized carbons (Fsp3) is 0. The minimum absolute atomic E-state index is 0.745. The first kappa shape index (κ1) is 18.8. The maximum Gasteiger partial charge on any atom is 0.234 e. The van der Waals surface area contributed by atoms with E-state index < -0.39 is 0 Å². The Hall–Kier alpha value is -4.17. The monoisotopic (exact) mass is 399 g/mol. The van der Waals surface area contributed by atoms with Crippen LogP contribution < -0.4 is 10.3 Å². The van der Waals surface area contributed by atoms with Crippen molar-refractivity contribution in [1.29, 1.82) is 0 Å². The zero-order chi connectivity index (χ0) is 21.0. The lowest BCUT2D eigenvalue weighted by atomic mass is 9.98. The molecule has 4 aromatic carbocycles. The fourth-order valence-corrected chi connectivity index (χ4v) is 3.99. The van der Waals surface area contributed by atoms with E-state index >= 15 is 0 Å². The summed E-state index contributed by atoms with van der Waals surface area (Å²) in [6.45, 7) is 0. The number of hydrogen-bond acceptors (Lipinski definition) is 1. The van der Waals surface area contributed by atoms with Crippen molar-refractivity contribution in [1.82, 2.24) is 0 Å². The quantitative estimate of drug-likeness (QED) is 0.270. The van der Waals surface area contributed by atoms with Gasteiger partial charge in [-0.2, -0.15) is 4.57 Å². The maximum atomic E-state index is 6.47. The third kappa shape index (κ3) is 3.72. The van der Waals surface area contributed by atoms with E-state index in [0.717, 1.165) is 33.9 Å². The van der Waals surface area contributed by atoms with Crippen LogP contribution in [0.5, 0.6) is 0 Å². The third-order valence-corrected chi connectivity index (χ3v) is 5.49. The van der Waals surface area contributed by atoms with Crippen molar-refractivity contribution in [3.05, 3.63) is 127 Å². The van der Waals surface area contributed by atoms with E-state index in [1.54, 1.807) is 0 Å². The first-order valence-corrected chi connectivity index (χ1v) is 10.4. The summed E-state index contributed by atoms with van der Waals surface area (Å²) in [6.07, 6.45) is 0. The first-order chi connectivity index (χ1) is 15.3. The molecule has 0 radical (unpaired) electrons. The summed E-state index contributed by atoms with van der Waals surface area (Å²) in [5.74, 6) is 0. The van der Waals surface area contributed by atoms with E-state index in [2.05, 4.69) is 95.6 Å². The smallest absolute Gasteiger partial charge is 0.234 e. The average molecular weight is 400 g/mol. The van der Waals surface area contributed by atoms with Gasteiger partial charge in [-0.05, 0) is 41.5 Å². The summed E-state index contributed by atoms with van der Waals surface area (Å²) in [5, 5.41) is 0. The number of anilines is 1. The van der Waals surface area contributed by atoms with Gasteiger partial charge in [-0.25, -0.2) is 0 Å². The van der Waals surface area contributed by atoms with E-state index in [1.165, 1.54) is 11.1 Å². The van der Waals surface area contributed by atoms with Crippen molar-refractivity contribution in [2.75, 3.05) is 5.73 Å². The molecule has 0 aliphatic carbocycles. The van der Waals surface area contributed by atoms with Gasteiger partial charge in [0.2, 0.25) is 17.1 Å². The van der Waals surface area contributed by atoms with Crippen LogP contribution in [0.1, 0.15) is 0 Å². The number of pyridine rings is 1. The fourth-order valence-electron chi connectivity index (χ4n) is 3.99. The van der Waals surface area contributed by atoms with Crippen LogP contribution in [0.15, 0.2) is 127 Å². The SMILES string of the molecule is Nc1ccccc1-[n+]1c(-c2ccccc2)cc(-c2ccccc2)cc1-c1ccccc1. The number of hydrogen-bond donors (Lipinski definition) is 1. The highest BCUT2D eigenvalue weighted by Gasteiger charge is 2.26. The van der Waals surface area contributed by atoms with Crippen LogP contribution in [0, 0.1) is 0 Å². The van der Waals surface area contributed by atoms with Gasteiger partial charge < -0.3 is 5.73 Å². The molecule has 0 saturated heterocycles. The lowest BCUT2D eigenvalue weighted by Gasteiger charge is -2.13. The van der Waals surface area contributed by atoms with E-state index in [1.807, 2.05) is 36.4 Å². The molecular weight excluding hydrogens is 376 g/mol. The molecule has 0 saturated carbocycles. The van der Waals surface area contributed by atoms with E-state index in [0.29, 0.717) is 0 Å². The molecular formula is C29H23N2+. The number of nitrogens with two attached hydrogens (primary N) is 1. The summed E-state index contributed by atoms with van der Waals surface area (Å²) in [5.41, 5.74) is 15.0. The van der Waals surface area contributed by atoms with Crippen molar-refractivity contribution in [2.45, 2.75) is 0 Å². The molecule has 5 aromatic rings. The number of aromatic nitrogens is 1.